The van der Waals surface area contributed by atoms with E-state index in [1.807, 2.05) is 20.8 Å². The maximum atomic E-state index is 12.2. The highest BCUT2D eigenvalue weighted by molar-refractivity contribution is 5.78. The standard InChI is InChI=1S/C23H35N5O2/c1-17(2)18-7-9-19(10-8-18)22-24-21(30-26-22)16-28-12-6-11-27(13-14-28)15-20(29)25-23(3,4)5/h7-10,17H,6,11-16H2,1-5H3,(H,25,29). The predicted molar refractivity (Wildman–Crippen MR) is 118 cm³/mol. The van der Waals surface area contributed by atoms with E-state index in [2.05, 4.69) is 63.4 Å². The first-order chi connectivity index (χ1) is 14.2. The topological polar surface area (TPSA) is 74.5 Å². The van der Waals surface area contributed by atoms with E-state index in [-0.39, 0.29) is 11.4 Å². The molecule has 7 heteroatoms. The summed E-state index contributed by atoms with van der Waals surface area (Å²) in [6.07, 6.45) is 1.01. The molecule has 2 heterocycles. The molecule has 1 saturated heterocycles. The summed E-state index contributed by atoms with van der Waals surface area (Å²) in [7, 11) is 0. The zero-order valence-corrected chi connectivity index (χ0v) is 18.9. The van der Waals surface area contributed by atoms with Crippen LogP contribution in [-0.2, 0) is 11.3 Å². The van der Waals surface area contributed by atoms with Crippen molar-refractivity contribution >= 4 is 5.91 Å². The molecule has 1 N–H and O–H groups in total. The summed E-state index contributed by atoms with van der Waals surface area (Å²) in [4.78, 5) is 21.3. The summed E-state index contributed by atoms with van der Waals surface area (Å²) in [6.45, 7) is 15.1. The first-order valence-electron chi connectivity index (χ1n) is 10.9. The van der Waals surface area contributed by atoms with Crippen molar-refractivity contribution in [2.75, 3.05) is 32.7 Å². The Labute approximate surface area is 179 Å². The summed E-state index contributed by atoms with van der Waals surface area (Å²) in [5.41, 5.74) is 2.08. The van der Waals surface area contributed by atoms with Gasteiger partial charge in [-0.05, 0) is 51.8 Å². The van der Waals surface area contributed by atoms with Crippen molar-refractivity contribution in [3.8, 4) is 11.4 Å². The zero-order chi connectivity index (χ0) is 21.7. The van der Waals surface area contributed by atoms with Crippen molar-refractivity contribution in [1.82, 2.24) is 25.3 Å². The van der Waals surface area contributed by atoms with Crippen molar-refractivity contribution in [1.29, 1.82) is 0 Å². The third kappa shape index (κ3) is 6.64. The van der Waals surface area contributed by atoms with E-state index in [9.17, 15) is 4.79 Å². The first-order valence-corrected chi connectivity index (χ1v) is 10.9. The van der Waals surface area contributed by atoms with E-state index in [0.29, 0.717) is 30.7 Å². The van der Waals surface area contributed by atoms with Gasteiger partial charge in [-0.3, -0.25) is 14.6 Å². The van der Waals surface area contributed by atoms with Crippen LogP contribution in [0, 0.1) is 0 Å². The number of nitrogens with zero attached hydrogens (tertiary/aromatic N) is 4. The quantitative estimate of drug-likeness (QED) is 0.783. The van der Waals surface area contributed by atoms with Crippen LogP contribution in [0.4, 0.5) is 0 Å². The predicted octanol–water partition coefficient (Wildman–Crippen LogP) is 3.28. The van der Waals surface area contributed by atoms with Crippen LogP contribution in [0.3, 0.4) is 0 Å². The van der Waals surface area contributed by atoms with Crippen molar-refractivity contribution in [3.05, 3.63) is 35.7 Å². The fraction of sp³-hybridized carbons (Fsp3) is 0.609. The zero-order valence-electron chi connectivity index (χ0n) is 18.9. The minimum absolute atomic E-state index is 0.0842. The van der Waals surface area contributed by atoms with E-state index >= 15 is 0 Å². The molecule has 1 aliphatic rings. The third-order valence-corrected chi connectivity index (χ3v) is 5.23. The van der Waals surface area contributed by atoms with Gasteiger partial charge in [0.05, 0.1) is 13.1 Å². The second-order valence-electron chi connectivity index (χ2n) is 9.49. The molecular weight excluding hydrogens is 378 g/mol. The molecule has 1 amide bonds. The van der Waals surface area contributed by atoms with E-state index < -0.39 is 0 Å². The van der Waals surface area contributed by atoms with Gasteiger partial charge in [-0.15, -0.1) is 0 Å². The van der Waals surface area contributed by atoms with E-state index in [0.717, 1.165) is 38.2 Å². The van der Waals surface area contributed by atoms with Crippen molar-refractivity contribution in [3.63, 3.8) is 0 Å². The molecule has 30 heavy (non-hydrogen) atoms. The fourth-order valence-corrected chi connectivity index (χ4v) is 3.65. The first kappa shape index (κ1) is 22.4. The lowest BCUT2D eigenvalue weighted by Crippen LogP contribution is -2.46. The average molecular weight is 414 g/mol. The molecule has 1 aromatic heterocycles. The molecule has 1 fully saturated rings. The van der Waals surface area contributed by atoms with Gasteiger partial charge in [-0.25, -0.2) is 0 Å². The highest BCUT2D eigenvalue weighted by Gasteiger charge is 2.21. The number of carbonyl (C=O) groups is 1. The molecule has 0 atom stereocenters. The maximum Gasteiger partial charge on any atom is 0.241 e. The lowest BCUT2D eigenvalue weighted by Gasteiger charge is -2.24. The summed E-state index contributed by atoms with van der Waals surface area (Å²) < 4.78 is 5.51. The fourth-order valence-electron chi connectivity index (χ4n) is 3.65. The molecule has 7 nitrogen and oxygen atoms in total. The van der Waals surface area contributed by atoms with E-state index in [4.69, 9.17) is 4.52 Å². The Kier molecular flexibility index (Phi) is 7.26. The van der Waals surface area contributed by atoms with Crippen LogP contribution in [0.15, 0.2) is 28.8 Å². The Bertz CT molecular complexity index is 823. The summed E-state index contributed by atoms with van der Waals surface area (Å²) in [6, 6.07) is 8.34. The molecule has 1 aliphatic heterocycles. The van der Waals surface area contributed by atoms with Crippen molar-refractivity contribution in [2.45, 2.75) is 59.0 Å². The molecule has 0 bridgehead atoms. The molecule has 0 saturated carbocycles. The van der Waals surface area contributed by atoms with Gasteiger partial charge in [0, 0.05) is 24.2 Å². The monoisotopic (exact) mass is 413 g/mol. The van der Waals surface area contributed by atoms with Gasteiger partial charge in [-0.2, -0.15) is 4.98 Å². The number of hydrogen-bond acceptors (Lipinski definition) is 6. The smallest absolute Gasteiger partial charge is 0.241 e. The number of aromatic nitrogens is 2. The van der Waals surface area contributed by atoms with Crippen LogP contribution < -0.4 is 5.32 Å². The van der Waals surface area contributed by atoms with Gasteiger partial charge >= 0.3 is 0 Å². The van der Waals surface area contributed by atoms with Gasteiger partial charge in [-0.1, -0.05) is 43.3 Å². The summed E-state index contributed by atoms with van der Waals surface area (Å²) in [5.74, 6) is 1.86. The SMILES string of the molecule is CC(C)c1ccc(-c2noc(CN3CCCN(CC(=O)NC(C)(C)C)CC3)n2)cc1. The lowest BCUT2D eigenvalue weighted by molar-refractivity contribution is -0.123. The molecule has 164 valence electrons. The van der Waals surface area contributed by atoms with Gasteiger partial charge in [0.1, 0.15) is 0 Å². The summed E-state index contributed by atoms with van der Waals surface area (Å²) in [5, 5.41) is 7.20. The molecule has 0 spiro atoms. The van der Waals surface area contributed by atoms with Crippen molar-refractivity contribution in [2.24, 2.45) is 0 Å². The minimum Gasteiger partial charge on any atom is -0.350 e. The molecule has 0 radical (unpaired) electrons. The lowest BCUT2D eigenvalue weighted by atomic mass is 10.0. The van der Waals surface area contributed by atoms with Crippen LogP contribution in [0.1, 0.15) is 58.4 Å². The molecule has 0 unspecified atom stereocenters. The Morgan fingerprint density at radius 2 is 1.77 bits per heavy atom. The maximum absolute atomic E-state index is 12.2. The van der Waals surface area contributed by atoms with Gasteiger partial charge in [0.15, 0.2) is 0 Å². The number of amides is 1. The van der Waals surface area contributed by atoms with Crippen LogP contribution in [-0.4, -0.2) is 64.1 Å². The van der Waals surface area contributed by atoms with Crippen molar-refractivity contribution < 1.29 is 9.32 Å². The van der Waals surface area contributed by atoms with Crippen LogP contribution in [0.5, 0.6) is 0 Å². The Hall–Kier alpha value is -2.25. The second-order valence-corrected chi connectivity index (χ2v) is 9.49. The van der Waals surface area contributed by atoms with Crippen LogP contribution in [0.25, 0.3) is 11.4 Å². The van der Waals surface area contributed by atoms with Gasteiger partial charge in [0.2, 0.25) is 17.6 Å². The highest BCUT2D eigenvalue weighted by atomic mass is 16.5. The minimum atomic E-state index is -0.195. The molecule has 2 aromatic rings. The average Bonchev–Trinajstić information content (AvgIpc) is 3.01. The molecular formula is C23H35N5O2. The Morgan fingerprint density at radius 1 is 1.10 bits per heavy atom. The second kappa shape index (κ2) is 9.71. The Morgan fingerprint density at radius 3 is 2.43 bits per heavy atom. The van der Waals surface area contributed by atoms with Crippen LogP contribution >= 0.6 is 0 Å². The molecule has 3 rings (SSSR count). The normalized spacial score (nSPS) is 16.6. The number of hydrogen-bond donors (Lipinski definition) is 1. The van der Waals surface area contributed by atoms with Gasteiger partial charge in [0.25, 0.3) is 0 Å². The van der Waals surface area contributed by atoms with E-state index in [1.165, 1.54) is 5.56 Å². The highest BCUT2D eigenvalue weighted by Crippen LogP contribution is 2.21. The number of benzene rings is 1. The molecule has 1 aromatic carbocycles. The van der Waals surface area contributed by atoms with Gasteiger partial charge < -0.3 is 9.84 Å². The van der Waals surface area contributed by atoms with Crippen LogP contribution in [0.2, 0.25) is 0 Å². The number of carbonyl (C=O) groups excluding carboxylic acids is 1. The number of rotatable bonds is 6. The number of nitrogens with one attached hydrogen (secondary N) is 1. The Balaban J connectivity index is 1.52. The van der Waals surface area contributed by atoms with E-state index in [1.54, 1.807) is 0 Å². The largest absolute Gasteiger partial charge is 0.350 e. The third-order valence-electron chi connectivity index (χ3n) is 5.23. The molecule has 0 aliphatic carbocycles. The summed E-state index contributed by atoms with van der Waals surface area (Å²) >= 11 is 0.